The molecule has 2 aliphatic heterocycles. The van der Waals surface area contributed by atoms with E-state index in [2.05, 4.69) is 0 Å². The van der Waals surface area contributed by atoms with Crippen molar-refractivity contribution in [2.45, 2.75) is 39.8 Å². The van der Waals surface area contributed by atoms with Crippen LogP contribution in [0.25, 0.3) is 0 Å². The summed E-state index contributed by atoms with van der Waals surface area (Å²) < 4.78 is 10.6. The summed E-state index contributed by atoms with van der Waals surface area (Å²) in [6.07, 6.45) is 0. The monoisotopic (exact) mass is 498 g/mol. The van der Waals surface area contributed by atoms with Crippen molar-refractivity contribution in [2.24, 2.45) is 0 Å². The Kier molecular flexibility index (Phi) is 7.76. The Hall–Kier alpha value is -3.82. The Labute approximate surface area is 211 Å². The van der Waals surface area contributed by atoms with Crippen LogP contribution in [0, 0.1) is 0 Å². The predicted molar refractivity (Wildman–Crippen MR) is 132 cm³/mol. The molecule has 0 spiro atoms. The number of hydrogen-bond donors (Lipinski definition) is 0. The molecule has 4 amide bonds. The van der Waals surface area contributed by atoms with Crippen molar-refractivity contribution in [1.29, 1.82) is 0 Å². The zero-order chi connectivity index (χ0) is 26.9. The smallest absolute Gasteiger partial charge is 0.338 e. The van der Waals surface area contributed by atoms with Gasteiger partial charge in [-0.15, -0.1) is 0 Å². The predicted octanol–water partition coefficient (Wildman–Crippen LogP) is 3.44. The number of rotatable bonds is 6. The molecule has 0 saturated heterocycles. The van der Waals surface area contributed by atoms with Gasteiger partial charge in [0.1, 0.15) is 0 Å². The summed E-state index contributed by atoms with van der Waals surface area (Å²) in [6, 6.07) is 5.40. The third-order valence-corrected chi connectivity index (χ3v) is 6.84. The topological polar surface area (TPSA) is 99.7 Å². The highest BCUT2D eigenvalue weighted by Crippen LogP contribution is 2.39. The van der Waals surface area contributed by atoms with Gasteiger partial charge in [0.2, 0.25) is 0 Å². The molecule has 3 rings (SSSR count). The average Bonchev–Trinajstić information content (AvgIpc) is 2.86. The zero-order valence-electron chi connectivity index (χ0n) is 22.1. The number of carbonyl (C=O) groups is 4. The molecule has 0 bridgehead atoms. The Morgan fingerprint density at radius 2 is 1.00 bits per heavy atom. The van der Waals surface area contributed by atoms with Crippen molar-refractivity contribution in [3.63, 3.8) is 0 Å². The number of urea groups is 2. The van der Waals surface area contributed by atoms with E-state index in [0.717, 1.165) is 0 Å². The highest BCUT2D eigenvalue weighted by atomic mass is 16.5. The average molecular weight is 499 g/mol. The van der Waals surface area contributed by atoms with Crippen molar-refractivity contribution >= 4 is 24.0 Å². The number of esters is 2. The van der Waals surface area contributed by atoms with E-state index in [0.29, 0.717) is 33.7 Å². The van der Waals surface area contributed by atoms with Gasteiger partial charge in [-0.05, 0) is 38.8 Å². The number of likely N-dealkylation sites (N-methyl/N-ethyl adjacent to an activating group) is 2. The molecule has 10 heteroatoms. The highest BCUT2D eigenvalue weighted by Gasteiger charge is 2.41. The molecular formula is C26H34N4O6. The van der Waals surface area contributed by atoms with Crippen LogP contribution in [-0.2, 0) is 19.1 Å². The summed E-state index contributed by atoms with van der Waals surface area (Å²) in [5.74, 6) is -0.974. The fourth-order valence-electron chi connectivity index (χ4n) is 4.70. The molecule has 10 nitrogen and oxygen atoms in total. The first-order valence-electron chi connectivity index (χ1n) is 11.8. The molecule has 1 aromatic carbocycles. The lowest BCUT2D eigenvalue weighted by Crippen LogP contribution is -2.47. The molecule has 0 fully saturated rings. The van der Waals surface area contributed by atoms with Crippen LogP contribution in [-0.4, -0.2) is 85.0 Å². The van der Waals surface area contributed by atoms with Gasteiger partial charge in [0.05, 0.1) is 36.4 Å². The molecule has 36 heavy (non-hydrogen) atoms. The minimum absolute atomic E-state index is 0.210. The standard InChI is InChI=1S/C26H34N4O6/c1-9-35-23(31)19-15(3)27(5)25(33)29(7)21(19)17-11-13-18(14-12-17)22-20(24(32)36-10-2)16(4)28(6)26(34)30(22)8/h11-14,21-22H,9-10H2,1-8H3/t21-,22+. The number of benzene rings is 1. The van der Waals surface area contributed by atoms with E-state index in [1.165, 1.54) is 19.6 Å². The van der Waals surface area contributed by atoms with Crippen LogP contribution < -0.4 is 0 Å². The van der Waals surface area contributed by atoms with Crippen LogP contribution in [0.3, 0.4) is 0 Å². The van der Waals surface area contributed by atoms with Crippen molar-refractivity contribution in [1.82, 2.24) is 19.6 Å². The first kappa shape index (κ1) is 26.8. The first-order chi connectivity index (χ1) is 17.0. The van der Waals surface area contributed by atoms with E-state index in [1.807, 2.05) is 0 Å². The summed E-state index contributed by atoms with van der Waals surface area (Å²) in [6.45, 7) is 7.32. The Balaban J connectivity index is 2.09. The van der Waals surface area contributed by atoms with E-state index >= 15 is 0 Å². The third kappa shape index (κ3) is 4.43. The van der Waals surface area contributed by atoms with E-state index in [-0.39, 0.29) is 25.3 Å². The fraction of sp³-hybridized carbons (Fsp3) is 0.462. The summed E-state index contributed by atoms with van der Waals surface area (Å²) in [4.78, 5) is 57.3. The second-order valence-electron chi connectivity index (χ2n) is 8.82. The van der Waals surface area contributed by atoms with Crippen LogP contribution in [0.5, 0.6) is 0 Å². The van der Waals surface area contributed by atoms with Crippen molar-refractivity contribution in [2.75, 3.05) is 41.4 Å². The molecule has 1 aromatic rings. The molecule has 2 aliphatic rings. The van der Waals surface area contributed by atoms with E-state index in [9.17, 15) is 19.2 Å². The SMILES string of the molecule is CCOC(=O)C1=C(C)N(C)C(=O)N(C)[C@H]1c1ccc([C@@H]2C(C(=O)OCC)=C(C)N(C)C(=O)N2C)cc1. The second kappa shape index (κ2) is 10.4. The third-order valence-electron chi connectivity index (χ3n) is 6.84. The summed E-state index contributed by atoms with van der Waals surface area (Å²) >= 11 is 0. The first-order valence-corrected chi connectivity index (χ1v) is 11.8. The number of ether oxygens (including phenoxy) is 2. The lowest BCUT2D eigenvalue weighted by Gasteiger charge is -2.40. The zero-order valence-corrected chi connectivity index (χ0v) is 22.1. The van der Waals surface area contributed by atoms with Gasteiger partial charge >= 0.3 is 24.0 Å². The van der Waals surface area contributed by atoms with Crippen LogP contribution in [0.15, 0.2) is 46.8 Å². The Morgan fingerprint density at radius 1 is 0.694 bits per heavy atom. The van der Waals surface area contributed by atoms with Gasteiger partial charge < -0.3 is 29.1 Å². The lowest BCUT2D eigenvalue weighted by molar-refractivity contribution is -0.140. The molecule has 0 radical (unpaired) electrons. The maximum absolute atomic E-state index is 12.9. The van der Waals surface area contributed by atoms with E-state index in [1.54, 1.807) is 80.2 Å². The van der Waals surface area contributed by atoms with Gasteiger partial charge in [-0.1, -0.05) is 24.3 Å². The minimum Gasteiger partial charge on any atom is -0.463 e. The molecule has 0 unspecified atom stereocenters. The molecule has 0 aliphatic carbocycles. The van der Waals surface area contributed by atoms with Crippen molar-refractivity contribution in [3.05, 3.63) is 57.9 Å². The van der Waals surface area contributed by atoms with Crippen LogP contribution in [0.2, 0.25) is 0 Å². The number of carbonyl (C=O) groups excluding carboxylic acids is 4. The number of nitrogens with zero attached hydrogens (tertiary/aromatic N) is 4. The summed E-state index contributed by atoms with van der Waals surface area (Å²) in [5, 5.41) is 0. The number of hydrogen-bond acceptors (Lipinski definition) is 6. The largest absolute Gasteiger partial charge is 0.463 e. The van der Waals surface area contributed by atoms with Gasteiger partial charge in [-0.3, -0.25) is 0 Å². The minimum atomic E-state index is -0.652. The Morgan fingerprint density at radius 3 is 1.28 bits per heavy atom. The highest BCUT2D eigenvalue weighted by molar-refractivity contribution is 5.96. The van der Waals surface area contributed by atoms with Crippen molar-refractivity contribution in [3.8, 4) is 0 Å². The quantitative estimate of drug-likeness (QED) is 0.557. The van der Waals surface area contributed by atoms with Gasteiger partial charge in [-0.25, -0.2) is 19.2 Å². The Bertz CT molecular complexity index is 1050. The number of amides is 4. The molecule has 194 valence electrons. The van der Waals surface area contributed by atoms with Crippen molar-refractivity contribution < 1.29 is 28.7 Å². The van der Waals surface area contributed by atoms with Crippen LogP contribution in [0.4, 0.5) is 9.59 Å². The van der Waals surface area contributed by atoms with Gasteiger partial charge in [-0.2, -0.15) is 0 Å². The number of allylic oxidation sites excluding steroid dienone is 2. The van der Waals surface area contributed by atoms with Gasteiger partial charge in [0.15, 0.2) is 0 Å². The summed E-state index contributed by atoms with van der Waals surface area (Å²) in [5.41, 5.74) is 3.20. The van der Waals surface area contributed by atoms with E-state index in [4.69, 9.17) is 9.47 Å². The lowest BCUT2D eigenvalue weighted by atomic mass is 9.89. The molecular weight excluding hydrogens is 464 g/mol. The maximum Gasteiger partial charge on any atom is 0.338 e. The second-order valence-corrected chi connectivity index (χ2v) is 8.82. The molecule has 2 atom stereocenters. The van der Waals surface area contributed by atoms with Crippen LogP contribution in [0.1, 0.15) is 50.9 Å². The molecule has 0 aromatic heterocycles. The van der Waals surface area contributed by atoms with E-state index < -0.39 is 24.0 Å². The fourth-order valence-corrected chi connectivity index (χ4v) is 4.70. The molecule has 2 heterocycles. The van der Waals surface area contributed by atoms with Gasteiger partial charge in [0.25, 0.3) is 0 Å². The maximum atomic E-state index is 12.9. The van der Waals surface area contributed by atoms with Gasteiger partial charge in [0, 0.05) is 39.6 Å². The normalized spacial score (nSPS) is 20.9. The van der Waals surface area contributed by atoms with Crippen LogP contribution >= 0.6 is 0 Å². The molecule has 0 N–H and O–H groups in total. The molecule has 0 saturated carbocycles. The summed E-state index contributed by atoms with van der Waals surface area (Å²) in [7, 11) is 6.51.